The molecule has 0 heterocycles. The number of nitrogens with one attached hydrogen (secondary N) is 1. The fraction of sp³-hybridized carbons (Fsp3) is 0.250. The molecule has 0 unspecified atom stereocenters. The number of rotatable bonds is 6. The molecule has 102 valence electrons. The maximum absolute atomic E-state index is 11.2. The van der Waals surface area contributed by atoms with Gasteiger partial charge >= 0.3 is 11.9 Å². The van der Waals surface area contributed by atoms with E-state index < -0.39 is 30.3 Å². The van der Waals surface area contributed by atoms with Crippen LogP contribution in [0.15, 0.2) is 24.3 Å². The van der Waals surface area contributed by atoms with E-state index in [1.165, 1.54) is 24.3 Å². The first-order chi connectivity index (χ1) is 8.88. The lowest BCUT2D eigenvalue weighted by Gasteiger charge is -2.14. The number of carboxylic acids is 2. The van der Waals surface area contributed by atoms with Crippen LogP contribution in [0, 0.1) is 0 Å². The highest BCUT2D eigenvalue weighted by molar-refractivity contribution is 5.95. The zero-order valence-electron chi connectivity index (χ0n) is 9.87. The van der Waals surface area contributed by atoms with Gasteiger partial charge in [0, 0.05) is 6.42 Å². The molecule has 0 fully saturated rings. The summed E-state index contributed by atoms with van der Waals surface area (Å²) in [5, 5.41) is 28.6. The number of phenols is 1. The predicted molar refractivity (Wildman–Crippen MR) is 63.6 cm³/mol. The number of hydrogen-bond donors (Lipinski definition) is 4. The van der Waals surface area contributed by atoms with Gasteiger partial charge in [-0.05, 0) is 17.7 Å². The number of carboxylic acid groups (broad SMARTS) is 2. The summed E-state index contributed by atoms with van der Waals surface area (Å²) in [6.45, 7) is 0. The van der Waals surface area contributed by atoms with Gasteiger partial charge in [-0.3, -0.25) is 9.59 Å². The molecule has 0 aliphatic rings. The molecule has 1 aromatic carbocycles. The zero-order valence-corrected chi connectivity index (χ0v) is 9.87. The van der Waals surface area contributed by atoms with Crippen molar-refractivity contribution in [1.29, 1.82) is 0 Å². The van der Waals surface area contributed by atoms with Gasteiger partial charge in [-0.15, -0.1) is 0 Å². The normalized spacial score (nSPS) is 11.6. The first-order valence-electron chi connectivity index (χ1n) is 5.40. The number of aromatic hydroxyl groups is 1. The number of phenolic OH excluding ortho intramolecular Hbond substituents is 1. The molecule has 0 aliphatic heterocycles. The summed E-state index contributed by atoms with van der Waals surface area (Å²) in [5.41, 5.74) is 0.598. The maximum atomic E-state index is 11.2. The Bertz CT molecular complexity index is 481. The van der Waals surface area contributed by atoms with Crippen LogP contribution in [0.25, 0.3) is 0 Å². The van der Waals surface area contributed by atoms with Crippen LogP contribution in [0.4, 0.5) is 0 Å². The molecular weight excluding hydrogens is 254 g/mol. The van der Waals surface area contributed by atoms with Gasteiger partial charge in [0.2, 0.25) is 5.91 Å². The van der Waals surface area contributed by atoms with Crippen LogP contribution in [0.3, 0.4) is 0 Å². The summed E-state index contributed by atoms with van der Waals surface area (Å²) in [4.78, 5) is 32.5. The van der Waals surface area contributed by atoms with E-state index in [0.29, 0.717) is 5.56 Å². The Morgan fingerprint density at radius 1 is 1.11 bits per heavy atom. The van der Waals surface area contributed by atoms with Crippen molar-refractivity contribution in [2.75, 3.05) is 0 Å². The molecule has 7 nitrogen and oxygen atoms in total. The molecule has 0 radical (unpaired) electrons. The fourth-order valence-corrected chi connectivity index (χ4v) is 1.45. The number of amides is 1. The first kappa shape index (κ1) is 14.5. The number of hydrogen-bond acceptors (Lipinski definition) is 4. The van der Waals surface area contributed by atoms with Gasteiger partial charge in [-0.25, -0.2) is 4.79 Å². The van der Waals surface area contributed by atoms with Gasteiger partial charge in [0.25, 0.3) is 0 Å². The van der Waals surface area contributed by atoms with E-state index >= 15 is 0 Å². The van der Waals surface area contributed by atoms with E-state index in [0.717, 1.165) is 0 Å². The van der Waals surface area contributed by atoms with E-state index in [-0.39, 0.29) is 12.2 Å². The van der Waals surface area contributed by atoms with Gasteiger partial charge in [0.05, 0.1) is 0 Å². The quantitative estimate of drug-likeness (QED) is 0.537. The highest BCUT2D eigenvalue weighted by Crippen LogP contribution is 2.11. The van der Waals surface area contributed by atoms with Gasteiger partial charge in [0.1, 0.15) is 18.2 Å². The zero-order chi connectivity index (χ0) is 14.4. The van der Waals surface area contributed by atoms with Crippen molar-refractivity contribution < 1.29 is 29.7 Å². The van der Waals surface area contributed by atoms with E-state index in [9.17, 15) is 14.4 Å². The van der Waals surface area contributed by atoms with Crippen molar-refractivity contribution >= 4 is 17.8 Å². The third-order valence-corrected chi connectivity index (χ3v) is 2.32. The molecule has 1 rings (SSSR count). The lowest BCUT2D eigenvalue weighted by molar-refractivity contribution is -0.145. The number of carbonyl (C=O) groups is 3. The Morgan fingerprint density at radius 2 is 1.68 bits per heavy atom. The van der Waals surface area contributed by atoms with Crippen LogP contribution in [-0.2, 0) is 20.8 Å². The summed E-state index contributed by atoms with van der Waals surface area (Å²) in [5.74, 6) is -3.40. The Balaban J connectivity index is 2.68. The number of aliphatic carboxylic acids is 2. The molecule has 4 N–H and O–H groups in total. The molecule has 7 heteroatoms. The van der Waals surface area contributed by atoms with Crippen LogP contribution >= 0.6 is 0 Å². The molecule has 0 bridgehead atoms. The summed E-state index contributed by atoms with van der Waals surface area (Å²) >= 11 is 0. The topological polar surface area (TPSA) is 124 Å². The van der Waals surface area contributed by atoms with Gasteiger partial charge < -0.3 is 20.6 Å². The molecule has 0 spiro atoms. The second-order valence-electron chi connectivity index (χ2n) is 3.90. The third-order valence-electron chi connectivity index (χ3n) is 2.32. The van der Waals surface area contributed by atoms with Crippen LogP contribution in [0.2, 0.25) is 0 Å². The van der Waals surface area contributed by atoms with Crippen molar-refractivity contribution in [2.24, 2.45) is 0 Å². The lowest BCUT2D eigenvalue weighted by Crippen LogP contribution is -2.42. The minimum atomic E-state index is -1.33. The molecule has 19 heavy (non-hydrogen) atoms. The first-order valence-corrected chi connectivity index (χ1v) is 5.40. The van der Waals surface area contributed by atoms with E-state index in [2.05, 4.69) is 5.32 Å². The molecule has 1 aromatic rings. The Morgan fingerprint density at radius 3 is 2.16 bits per heavy atom. The van der Waals surface area contributed by atoms with Crippen molar-refractivity contribution in [3.63, 3.8) is 0 Å². The van der Waals surface area contributed by atoms with Crippen LogP contribution < -0.4 is 5.32 Å². The van der Waals surface area contributed by atoms with Gasteiger partial charge in [-0.1, -0.05) is 12.1 Å². The van der Waals surface area contributed by atoms with Crippen molar-refractivity contribution in [1.82, 2.24) is 5.32 Å². The number of carbonyl (C=O) groups excluding carboxylic acids is 1. The average molecular weight is 267 g/mol. The summed E-state index contributed by atoms with van der Waals surface area (Å²) in [7, 11) is 0. The molecule has 0 aromatic heterocycles. The van der Waals surface area contributed by atoms with E-state index in [1.54, 1.807) is 0 Å². The van der Waals surface area contributed by atoms with E-state index in [4.69, 9.17) is 15.3 Å². The predicted octanol–water partition coefficient (Wildman–Crippen LogP) is -0.0212. The summed E-state index contributed by atoms with van der Waals surface area (Å²) in [6.07, 6.45) is -0.777. The summed E-state index contributed by atoms with van der Waals surface area (Å²) < 4.78 is 0. The van der Waals surface area contributed by atoms with Crippen molar-refractivity contribution in [3.05, 3.63) is 29.8 Å². The Kier molecular flexibility index (Phi) is 4.87. The SMILES string of the molecule is O=C(O)CC(=O)N[C@@H](Cc1ccc(O)cc1)C(=O)O. The smallest absolute Gasteiger partial charge is 0.326 e. The Hall–Kier alpha value is -2.57. The molecule has 1 atom stereocenters. The maximum Gasteiger partial charge on any atom is 0.326 e. The standard InChI is InChI=1S/C12H13NO6/c14-8-3-1-7(2-4-8)5-9(12(18)19)13-10(15)6-11(16)17/h1-4,9,14H,5-6H2,(H,13,15)(H,16,17)(H,18,19)/t9-/m0/s1. The lowest BCUT2D eigenvalue weighted by atomic mass is 10.1. The van der Waals surface area contributed by atoms with Crippen LogP contribution in [-0.4, -0.2) is 39.2 Å². The van der Waals surface area contributed by atoms with Crippen molar-refractivity contribution in [2.45, 2.75) is 18.9 Å². The second-order valence-corrected chi connectivity index (χ2v) is 3.90. The monoisotopic (exact) mass is 267 g/mol. The van der Waals surface area contributed by atoms with Crippen LogP contribution in [0.1, 0.15) is 12.0 Å². The minimum absolute atomic E-state index is 0.000965. The molecule has 0 saturated carbocycles. The Labute approximate surface area is 108 Å². The number of benzene rings is 1. The minimum Gasteiger partial charge on any atom is -0.508 e. The summed E-state index contributed by atoms with van der Waals surface area (Å²) in [6, 6.07) is 4.63. The van der Waals surface area contributed by atoms with Crippen molar-refractivity contribution in [3.8, 4) is 5.75 Å². The molecule has 0 aliphatic carbocycles. The van der Waals surface area contributed by atoms with Gasteiger partial charge in [-0.2, -0.15) is 0 Å². The van der Waals surface area contributed by atoms with Gasteiger partial charge in [0.15, 0.2) is 0 Å². The molecule has 1 amide bonds. The largest absolute Gasteiger partial charge is 0.508 e. The highest BCUT2D eigenvalue weighted by atomic mass is 16.4. The highest BCUT2D eigenvalue weighted by Gasteiger charge is 2.21. The molecule has 0 saturated heterocycles. The van der Waals surface area contributed by atoms with E-state index in [1.807, 2.05) is 0 Å². The van der Waals surface area contributed by atoms with Crippen LogP contribution in [0.5, 0.6) is 5.75 Å². The second kappa shape index (κ2) is 6.39. The third kappa shape index (κ3) is 5.07. The fourth-order valence-electron chi connectivity index (χ4n) is 1.45. The molecular formula is C12H13NO6. The average Bonchev–Trinajstić information content (AvgIpc) is 2.29.